The molecule has 0 saturated carbocycles. The number of rotatable bonds is 15. The molecule has 0 fully saturated rings. The molecule has 0 spiro atoms. The van der Waals surface area contributed by atoms with Crippen molar-refractivity contribution in [1.82, 2.24) is 14.2 Å². The van der Waals surface area contributed by atoms with Crippen LogP contribution in [0.1, 0.15) is 61.8 Å². The van der Waals surface area contributed by atoms with Crippen LogP contribution in [0.25, 0.3) is 0 Å². The topological polar surface area (TPSA) is 45.3 Å². The maximum atomic E-state index is 11.8. The van der Waals surface area contributed by atoms with Gasteiger partial charge in [0, 0.05) is 37.1 Å². The second-order valence-corrected chi connectivity index (χ2v) is 11.0. The average molecular weight is 438 g/mol. The summed E-state index contributed by atoms with van der Waals surface area (Å²) in [7, 11) is 3.06. The highest BCUT2D eigenvalue weighted by atomic mass is 32.2. The minimum absolute atomic E-state index is 0.174. The fourth-order valence-corrected chi connectivity index (χ4v) is 5.86. The lowest BCUT2D eigenvalue weighted by Crippen LogP contribution is -2.43. The lowest BCUT2D eigenvalue weighted by atomic mass is 10.3. The minimum atomic E-state index is -0.884. The zero-order valence-corrected chi connectivity index (χ0v) is 21.5. The van der Waals surface area contributed by atoms with Gasteiger partial charge < -0.3 is 14.2 Å². The molecule has 28 heavy (non-hydrogen) atoms. The van der Waals surface area contributed by atoms with Crippen LogP contribution in [-0.2, 0) is 14.1 Å². The van der Waals surface area contributed by atoms with E-state index in [0.29, 0.717) is 49.7 Å². The quantitative estimate of drug-likeness (QED) is 0.210. The van der Waals surface area contributed by atoms with Crippen LogP contribution in [0.5, 0.6) is 0 Å². The molecule has 0 aromatic rings. The molecule has 0 radical (unpaired) electrons. The Morgan fingerprint density at radius 1 is 0.857 bits per heavy atom. The third-order valence-electron chi connectivity index (χ3n) is 4.01. The first-order chi connectivity index (χ1) is 13.0. The van der Waals surface area contributed by atoms with Gasteiger partial charge in [0.25, 0.3) is 0 Å². The summed E-state index contributed by atoms with van der Waals surface area (Å²) in [6.07, 6.45) is 0.554. The highest BCUT2D eigenvalue weighted by molar-refractivity contribution is 8.13. The fourth-order valence-electron chi connectivity index (χ4n) is 2.97. The standard InChI is InChI=1S/C20H44N3O3PS/c1-16(2)22(17(3)4)27(23(18(5)6)19(7)8)26-14-13-25-15-28-20(24)11-12-21(9)10/h16-19H,11-15H2,1-10H3. The van der Waals surface area contributed by atoms with Crippen LogP contribution in [0.4, 0.5) is 0 Å². The van der Waals surface area contributed by atoms with Gasteiger partial charge in [0.15, 0.2) is 13.6 Å². The molecule has 0 heterocycles. The molecule has 0 unspecified atom stereocenters. The van der Waals surface area contributed by atoms with E-state index < -0.39 is 8.45 Å². The Labute approximate surface area is 179 Å². The van der Waals surface area contributed by atoms with Crippen molar-refractivity contribution in [3.63, 3.8) is 0 Å². The summed E-state index contributed by atoms with van der Waals surface area (Å²) in [6.45, 7) is 19.6. The molecule has 0 atom stereocenters. The molecule has 0 bridgehead atoms. The maximum absolute atomic E-state index is 11.8. The van der Waals surface area contributed by atoms with Crippen molar-refractivity contribution in [1.29, 1.82) is 0 Å². The van der Waals surface area contributed by atoms with E-state index in [-0.39, 0.29) is 5.12 Å². The van der Waals surface area contributed by atoms with E-state index in [4.69, 9.17) is 9.26 Å². The van der Waals surface area contributed by atoms with Gasteiger partial charge >= 0.3 is 0 Å². The minimum Gasteiger partial charge on any atom is -0.368 e. The Kier molecular flexibility index (Phi) is 15.2. The molecule has 0 aromatic heterocycles. The molecule has 8 heteroatoms. The van der Waals surface area contributed by atoms with Gasteiger partial charge in [0.05, 0.1) is 19.2 Å². The predicted molar refractivity (Wildman–Crippen MR) is 124 cm³/mol. The van der Waals surface area contributed by atoms with Gasteiger partial charge in [-0.25, -0.2) is 9.34 Å². The third-order valence-corrected chi connectivity index (χ3v) is 7.87. The van der Waals surface area contributed by atoms with Crippen LogP contribution in [0.15, 0.2) is 0 Å². The first kappa shape index (κ1) is 28.2. The van der Waals surface area contributed by atoms with E-state index in [0.717, 1.165) is 6.54 Å². The molecule has 0 aliphatic heterocycles. The largest absolute Gasteiger partial charge is 0.368 e. The number of hydrogen-bond donors (Lipinski definition) is 0. The van der Waals surface area contributed by atoms with Gasteiger partial charge in [-0.2, -0.15) is 0 Å². The van der Waals surface area contributed by atoms with Crippen molar-refractivity contribution < 1.29 is 14.1 Å². The number of carbonyl (C=O) groups is 1. The fraction of sp³-hybridized carbons (Fsp3) is 0.950. The van der Waals surface area contributed by atoms with Crippen molar-refractivity contribution in [2.24, 2.45) is 0 Å². The molecule has 168 valence electrons. The molecule has 0 N–H and O–H groups in total. The van der Waals surface area contributed by atoms with Gasteiger partial charge in [-0.15, -0.1) is 0 Å². The van der Waals surface area contributed by atoms with E-state index in [1.807, 2.05) is 19.0 Å². The SMILES string of the molecule is CC(C)N(C(C)C)P(OCCOCSC(=O)CCN(C)C)N(C(C)C)C(C)C. The van der Waals surface area contributed by atoms with Crippen LogP contribution in [0, 0.1) is 0 Å². The molecular weight excluding hydrogens is 393 g/mol. The average Bonchev–Trinajstić information content (AvgIpc) is 2.54. The molecular formula is C20H44N3O3PS. The Balaban J connectivity index is 4.63. The molecule has 6 nitrogen and oxygen atoms in total. The Hall–Kier alpha value is 0.250. The van der Waals surface area contributed by atoms with E-state index >= 15 is 0 Å². The number of ether oxygens (including phenoxy) is 1. The highest BCUT2D eigenvalue weighted by Crippen LogP contribution is 2.50. The first-order valence-corrected chi connectivity index (χ1v) is 12.5. The van der Waals surface area contributed by atoms with Crippen molar-refractivity contribution in [3.8, 4) is 0 Å². The lowest BCUT2D eigenvalue weighted by molar-refractivity contribution is -0.111. The molecule has 0 aromatic carbocycles. The molecule has 0 amide bonds. The summed E-state index contributed by atoms with van der Waals surface area (Å²) < 4.78 is 17.0. The Morgan fingerprint density at radius 2 is 1.32 bits per heavy atom. The van der Waals surface area contributed by atoms with Crippen molar-refractivity contribution in [3.05, 3.63) is 0 Å². The second-order valence-electron chi connectivity index (χ2n) is 8.32. The maximum Gasteiger partial charge on any atom is 0.192 e. The van der Waals surface area contributed by atoms with E-state index in [1.54, 1.807) is 0 Å². The Morgan fingerprint density at radius 3 is 1.71 bits per heavy atom. The monoisotopic (exact) mass is 437 g/mol. The summed E-state index contributed by atoms with van der Waals surface area (Å²) in [5, 5.41) is 0.174. The Bertz CT molecular complexity index is 388. The van der Waals surface area contributed by atoms with Crippen LogP contribution in [0.3, 0.4) is 0 Å². The van der Waals surface area contributed by atoms with Crippen LogP contribution in [-0.4, -0.2) is 83.3 Å². The van der Waals surface area contributed by atoms with Crippen molar-refractivity contribution in [2.75, 3.05) is 39.8 Å². The number of nitrogens with zero attached hydrogens (tertiary/aromatic N) is 3. The van der Waals surface area contributed by atoms with Gasteiger partial charge in [-0.05, 0) is 69.5 Å². The summed E-state index contributed by atoms with van der Waals surface area (Å²) in [5.74, 6) is 0.393. The summed E-state index contributed by atoms with van der Waals surface area (Å²) >= 11 is 1.25. The molecule has 0 saturated heterocycles. The number of carbonyl (C=O) groups excluding carboxylic acids is 1. The lowest BCUT2D eigenvalue weighted by Gasteiger charge is -2.45. The summed E-state index contributed by atoms with van der Waals surface area (Å²) in [5.41, 5.74) is 0. The van der Waals surface area contributed by atoms with Crippen LogP contribution < -0.4 is 0 Å². The van der Waals surface area contributed by atoms with E-state index in [9.17, 15) is 4.79 Å². The van der Waals surface area contributed by atoms with Crippen molar-refractivity contribution >= 4 is 25.3 Å². The van der Waals surface area contributed by atoms with E-state index in [2.05, 4.69) is 64.7 Å². The highest BCUT2D eigenvalue weighted by Gasteiger charge is 2.34. The number of thioether (sulfide) groups is 1. The second kappa shape index (κ2) is 15.1. The smallest absolute Gasteiger partial charge is 0.192 e. The van der Waals surface area contributed by atoms with Gasteiger partial charge in [0.2, 0.25) is 0 Å². The van der Waals surface area contributed by atoms with Gasteiger partial charge in [0.1, 0.15) is 0 Å². The molecule has 0 rings (SSSR count). The number of hydrogen-bond acceptors (Lipinski definition) is 7. The molecule has 0 aliphatic carbocycles. The van der Waals surface area contributed by atoms with Crippen LogP contribution >= 0.6 is 20.2 Å². The zero-order valence-electron chi connectivity index (χ0n) is 19.8. The van der Waals surface area contributed by atoms with Crippen molar-refractivity contribution in [2.45, 2.75) is 86.0 Å². The van der Waals surface area contributed by atoms with E-state index in [1.165, 1.54) is 11.8 Å². The zero-order chi connectivity index (χ0) is 21.9. The third kappa shape index (κ3) is 11.4. The predicted octanol–water partition coefficient (Wildman–Crippen LogP) is 4.65. The first-order valence-electron chi connectivity index (χ1n) is 10.4. The summed E-state index contributed by atoms with van der Waals surface area (Å²) in [6, 6.07) is 1.60. The normalized spacial score (nSPS) is 12.9. The van der Waals surface area contributed by atoms with Gasteiger partial charge in [-0.1, -0.05) is 11.8 Å². The summed E-state index contributed by atoms with van der Waals surface area (Å²) in [4.78, 5) is 13.8. The molecule has 0 aliphatic rings. The van der Waals surface area contributed by atoms with Gasteiger partial charge in [-0.3, -0.25) is 4.79 Å². The van der Waals surface area contributed by atoms with Crippen LogP contribution in [0.2, 0.25) is 0 Å².